The number of carbonyl (C=O) groups excluding carboxylic acids is 1. The van der Waals surface area contributed by atoms with Crippen LogP contribution in [-0.2, 0) is 14.3 Å². The van der Waals surface area contributed by atoms with Gasteiger partial charge in [-0.3, -0.25) is 0 Å². The number of hydrogen-bond acceptors (Lipinski definition) is 3. The molecule has 1 aliphatic carbocycles. The zero-order chi connectivity index (χ0) is 14.7. The molecular formula is C15H22O4. The van der Waals surface area contributed by atoms with Gasteiger partial charge in [-0.25, -0.2) is 9.59 Å². The Hall–Kier alpha value is -1.58. The molecule has 0 spiro atoms. The summed E-state index contributed by atoms with van der Waals surface area (Å²) in [6.45, 7) is 9.66. The molecule has 0 heterocycles. The molecule has 2 unspecified atom stereocenters. The Balaban J connectivity index is 3.39. The van der Waals surface area contributed by atoms with Gasteiger partial charge in [-0.1, -0.05) is 31.9 Å². The van der Waals surface area contributed by atoms with Crippen molar-refractivity contribution >= 4 is 11.9 Å². The van der Waals surface area contributed by atoms with Crippen LogP contribution in [-0.4, -0.2) is 23.7 Å². The highest BCUT2D eigenvalue weighted by atomic mass is 16.5. The summed E-state index contributed by atoms with van der Waals surface area (Å²) < 4.78 is 5.01. The number of rotatable bonds is 4. The Morgan fingerprint density at radius 2 is 1.74 bits per heavy atom. The lowest BCUT2D eigenvalue weighted by Crippen LogP contribution is -2.29. The van der Waals surface area contributed by atoms with Gasteiger partial charge >= 0.3 is 11.9 Å². The number of allylic oxidation sites excluding steroid dienone is 2. The summed E-state index contributed by atoms with van der Waals surface area (Å²) in [6, 6.07) is 0. The van der Waals surface area contributed by atoms with Gasteiger partial charge in [0, 0.05) is 11.8 Å². The molecule has 0 bridgehead atoms. The van der Waals surface area contributed by atoms with Gasteiger partial charge in [0.1, 0.15) is 0 Å². The van der Waals surface area contributed by atoms with Crippen molar-refractivity contribution in [1.29, 1.82) is 0 Å². The first kappa shape index (κ1) is 15.5. The highest BCUT2D eigenvalue weighted by Gasteiger charge is 2.36. The van der Waals surface area contributed by atoms with Crippen molar-refractivity contribution in [2.75, 3.05) is 6.61 Å². The molecule has 0 aliphatic heterocycles. The molecule has 4 nitrogen and oxygen atoms in total. The standard InChI is InChI=1S/C15H22O4/c1-6-11-8(3)9(4)13(15(18)19-7-2)12(10(11)5)14(16)17/h9-10H,6-7H2,1-5H3,(H,16,17). The maximum atomic E-state index is 12.0. The van der Waals surface area contributed by atoms with E-state index in [0.717, 1.165) is 17.6 Å². The Morgan fingerprint density at radius 3 is 2.16 bits per heavy atom. The Labute approximate surface area is 114 Å². The zero-order valence-corrected chi connectivity index (χ0v) is 12.2. The molecule has 0 fully saturated rings. The molecule has 0 aromatic rings. The summed E-state index contributed by atoms with van der Waals surface area (Å²) in [5.74, 6) is -1.97. The third-order valence-electron chi connectivity index (χ3n) is 3.94. The SMILES string of the molecule is CCOC(=O)C1=C(C(=O)O)C(C)C(CC)=C(C)C1C. The highest BCUT2D eigenvalue weighted by molar-refractivity contribution is 6.01. The van der Waals surface area contributed by atoms with Gasteiger partial charge in [-0.2, -0.15) is 0 Å². The van der Waals surface area contributed by atoms with Crippen LogP contribution in [0.2, 0.25) is 0 Å². The van der Waals surface area contributed by atoms with Gasteiger partial charge in [-0.15, -0.1) is 0 Å². The van der Waals surface area contributed by atoms with E-state index in [9.17, 15) is 14.7 Å². The first-order valence-corrected chi connectivity index (χ1v) is 6.70. The van der Waals surface area contributed by atoms with Crippen LogP contribution in [0.25, 0.3) is 0 Å². The number of carboxylic acid groups (broad SMARTS) is 1. The minimum Gasteiger partial charge on any atom is -0.478 e. The topological polar surface area (TPSA) is 63.6 Å². The van der Waals surface area contributed by atoms with Crippen LogP contribution in [0.1, 0.15) is 41.0 Å². The van der Waals surface area contributed by atoms with Crippen LogP contribution in [0.15, 0.2) is 22.3 Å². The molecule has 1 N–H and O–H groups in total. The summed E-state index contributed by atoms with van der Waals surface area (Å²) >= 11 is 0. The number of carbonyl (C=O) groups is 2. The quantitative estimate of drug-likeness (QED) is 0.627. The van der Waals surface area contributed by atoms with Crippen molar-refractivity contribution in [2.45, 2.75) is 41.0 Å². The number of ether oxygens (including phenoxy) is 1. The van der Waals surface area contributed by atoms with Gasteiger partial charge < -0.3 is 9.84 Å². The smallest absolute Gasteiger partial charge is 0.335 e. The molecule has 1 rings (SSSR count). The molecule has 0 aromatic carbocycles. The van der Waals surface area contributed by atoms with E-state index < -0.39 is 11.9 Å². The first-order chi connectivity index (χ1) is 8.86. The van der Waals surface area contributed by atoms with Gasteiger partial charge in [0.2, 0.25) is 0 Å². The van der Waals surface area contributed by atoms with Crippen molar-refractivity contribution in [3.63, 3.8) is 0 Å². The van der Waals surface area contributed by atoms with Gasteiger partial charge in [0.25, 0.3) is 0 Å². The molecule has 0 radical (unpaired) electrons. The predicted molar refractivity (Wildman–Crippen MR) is 72.6 cm³/mol. The molecule has 19 heavy (non-hydrogen) atoms. The summed E-state index contributed by atoms with van der Waals surface area (Å²) in [4.78, 5) is 23.6. The van der Waals surface area contributed by atoms with Gasteiger partial charge in [0.15, 0.2) is 0 Å². The fourth-order valence-corrected chi connectivity index (χ4v) is 2.86. The zero-order valence-electron chi connectivity index (χ0n) is 12.2. The van der Waals surface area contributed by atoms with E-state index in [0.29, 0.717) is 5.57 Å². The van der Waals surface area contributed by atoms with Gasteiger partial charge in [0.05, 0.1) is 17.8 Å². The second-order valence-corrected chi connectivity index (χ2v) is 4.86. The average Bonchev–Trinajstić information content (AvgIpc) is 2.33. The number of aliphatic carboxylic acids is 1. The van der Waals surface area contributed by atoms with Crippen LogP contribution in [0.4, 0.5) is 0 Å². The van der Waals surface area contributed by atoms with Gasteiger partial charge in [-0.05, 0) is 20.3 Å². The van der Waals surface area contributed by atoms with E-state index in [2.05, 4.69) is 0 Å². The maximum absolute atomic E-state index is 12.0. The lowest BCUT2D eigenvalue weighted by Gasteiger charge is -2.31. The molecule has 0 saturated carbocycles. The Bertz CT molecular complexity index is 457. The van der Waals surface area contributed by atoms with Crippen molar-refractivity contribution in [1.82, 2.24) is 0 Å². The van der Waals surface area contributed by atoms with Crippen LogP contribution < -0.4 is 0 Å². The molecule has 106 valence electrons. The third kappa shape index (κ3) is 2.72. The van der Waals surface area contributed by atoms with E-state index in [1.165, 1.54) is 0 Å². The number of carboxylic acids is 1. The molecule has 1 aliphatic rings. The average molecular weight is 266 g/mol. The van der Waals surface area contributed by atoms with Crippen LogP contribution >= 0.6 is 0 Å². The summed E-state index contributed by atoms with van der Waals surface area (Å²) in [6.07, 6.45) is 0.796. The third-order valence-corrected chi connectivity index (χ3v) is 3.94. The molecule has 0 amide bonds. The molecule has 0 aromatic heterocycles. The number of esters is 1. The molecular weight excluding hydrogens is 244 g/mol. The minimum atomic E-state index is -1.03. The predicted octanol–water partition coefficient (Wildman–Crippen LogP) is 2.94. The van der Waals surface area contributed by atoms with Crippen molar-refractivity contribution in [2.24, 2.45) is 11.8 Å². The fraction of sp³-hybridized carbons (Fsp3) is 0.600. The van der Waals surface area contributed by atoms with E-state index in [4.69, 9.17) is 4.74 Å². The molecule has 0 saturated heterocycles. The molecule has 4 heteroatoms. The Morgan fingerprint density at radius 1 is 1.16 bits per heavy atom. The van der Waals surface area contributed by atoms with E-state index in [1.54, 1.807) is 6.92 Å². The van der Waals surface area contributed by atoms with Crippen molar-refractivity contribution in [3.05, 3.63) is 22.3 Å². The largest absolute Gasteiger partial charge is 0.478 e. The normalized spacial score (nSPS) is 23.6. The maximum Gasteiger partial charge on any atom is 0.335 e. The van der Waals surface area contributed by atoms with E-state index in [1.807, 2.05) is 27.7 Å². The molecule has 2 atom stereocenters. The lowest BCUT2D eigenvalue weighted by molar-refractivity contribution is -0.140. The lowest BCUT2D eigenvalue weighted by atomic mass is 9.73. The second kappa shape index (κ2) is 6.04. The highest BCUT2D eigenvalue weighted by Crippen LogP contribution is 2.40. The summed E-state index contributed by atoms with van der Waals surface area (Å²) in [5.41, 5.74) is 2.69. The van der Waals surface area contributed by atoms with E-state index in [-0.39, 0.29) is 24.0 Å². The van der Waals surface area contributed by atoms with Crippen LogP contribution in [0.5, 0.6) is 0 Å². The first-order valence-electron chi connectivity index (χ1n) is 6.70. The van der Waals surface area contributed by atoms with E-state index >= 15 is 0 Å². The number of hydrogen-bond donors (Lipinski definition) is 1. The second-order valence-electron chi connectivity index (χ2n) is 4.86. The van der Waals surface area contributed by atoms with Crippen LogP contribution in [0.3, 0.4) is 0 Å². The monoisotopic (exact) mass is 266 g/mol. The fourth-order valence-electron chi connectivity index (χ4n) is 2.86. The summed E-state index contributed by atoms with van der Waals surface area (Å²) in [5, 5.41) is 9.43. The summed E-state index contributed by atoms with van der Waals surface area (Å²) in [7, 11) is 0. The Kier molecular flexibility index (Phi) is 4.92. The van der Waals surface area contributed by atoms with Crippen LogP contribution in [0, 0.1) is 11.8 Å². The van der Waals surface area contributed by atoms with Crippen molar-refractivity contribution in [3.8, 4) is 0 Å². The van der Waals surface area contributed by atoms with Crippen molar-refractivity contribution < 1.29 is 19.4 Å². The minimum absolute atomic E-state index is 0.188.